The second-order valence-electron chi connectivity index (χ2n) is 5.68. The molecule has 0 aliphatic heterocycles. The molecule has 0 bridgehead atoms. The number of para-hydroxylation sites is 1. The first-order valence-corrected chi connectivity index (χ1v) is 8.19. The average molecular weight is 332 g/mol. The minimum Gasteiger partial charge on any atom is -0.504 e. The van der Waals surface area contributed by atoms with Crippen molar-refractivity contribution in [2.75, 3.05) is 7.11 Å². The smallest absolute Gasteiger partial charge is 0.216 e. The first kappa shape index (κ1) is 15.7. The number of aromatic nitrogens is 3. The van der Waals surface area contributed by atoms with Crippen molar-refractivity contribution in [3.63, 3.8) is 0 Å². The van der Waals surface area contributed by atoms with E-state index in [9.17, 15) is 5.11 Å². The van der Waals surface area contributed by atoms with Gasteiger partial charge in [0.05, 0.1) is 13.3 Å². The minimum absolute atomic E-state index is 0.0629. The molecule has 0 atom stereocenters. The fraction of sp³-hybridized carbons (Fsp3) is 0.438. The molecule has 0 amide bonds. The van der Waals surface area contributed by atoms with E-state index in [1.54, 1.807) is 29.1 Å². The molecule has 23 heavy (non-hydrogen) atoms. The molecule has 1 aliphatic rings. The molecule has 1 heterocycles. The third kappa shape index (κ3) is 3.29. The normalized spacial score (nSPS) is 16.0. The average Bonchev–Trinajstić information content (AvgIpc) is 2.95. The Morgan fingerprint density at radius 2 is 2.17 bits per heavy atom. The summed E-state index contributed by atoms with van der Waals surface area (Å²) in [6.45, 7) is 0. The fourth-order valence-electron chi connectivity index (χ4n) is 2.97. The highest BCUT2D eigenvalue weighted by atomic mass is 32.1. The van der Waals surface area contributed by atoms with Crippen molar-refractivity contribution >= 4 is 18.4 Å². The van der Waals surface area contributed by atoms with Crippen molar-refractivity contribution in [1.82, 2.24) is 14.9 Å². The number of nitrogens with zero attached hydrogens (tertiary/aromatic N) is 3. The monoisotopic (exact) mass is 332 g/mol. The van der Waals surface area contributed by atoms with E-state index in [2.05, 4.69) is 15.3 Å². The molecular formula is C16H20N4O2S. The largest absolute Gasteiger partial charge is 0.504 e. The van der Waals surface area contributed by atoms with Crippen molar-refractivity contribution in [2.45, 2.75) is 38.0 Å². The molecule has 6 nitrogen and oxygen atoms in total. The number of rotatable bonds is 4. The van der Waals surface area contributed by atoms with Gasteiger partial charge in [0.2, 0.25) is 4.77 Å². The molecular weight excluding hydrogens is 312 g/mol. The van der Waals surface area contributed by atoms with Gasteiger partial charge >= 0.3 is 0 Å². The number of ether oxygens (including phenoxy) is 1. The predicted octanol–water partition coefficient (Wildman–Crippen LogP) is 3.58. The van der Waals surface area contributed by atoms with Crippen molar-refractivity contribution < 1.29 is 9.84 Å². The zero-order chi connectivity index (χ0) is 16.2. The number of nitrogens with one attached hydrogen (secondary N) is 1. The van der Waals surface area contributed by atoms with Crippen LogP contribution in [0, 0.1) is 4.77 Å². The van der Waals surface area contributed by atoms with Crippen LogP contribution in [0.1, 0.15) is 49.4 Å². The Hall–Kier alpha value is -2.15. The van der Waals surface area contributed by atoms with E-state index >= 15 is 0 Å². The highest BCUT2D eigenvalue weighted by Crippen LogP contribution is 2.32. The molecule has 1 aromatic carbocycles. The van der Waals surface area contributed by atoms with Gasteiger partial charge in [-0.05, 0) is 37.2 Å². The van der Waals surface area contributed by atoms with Crippen LogP contribution in [0.25, 0.3) is 0 Å². The third-order valence-corrected chi connectivity index (χ3v) is 4.47. The van der Waals surface area contributed by atoms with Gasteiger partial charge in [0, 0.05) is 11.5 Å². The van der Waals surface area contributed by atoms with Gasteiger partial charge in [-0.3, -0.25) is 5.10 Å². The predicted molar refractivity (Wildman–Crippen MR) is 90.9 cm³/mol. The first-order valence-electron chi connectivity index (χ1n) is 7.78. The van der Waals surface area contributed by atoms with Crippen LogP contribution in [0.5, 0.6) is 11.5 Å². The zero-order valence-corrected chi connectivity index (χ0v) is 13.8. The van der Waals surface area contributed by atoms with Crippen LogP contribution in [0.4, 0.5) is 0 Å². The van der Waals surface area contributed by atoms with Crippen molar-refractivity contribution in [2.24, 2.45) is 5.10 Å². The fourth-order valence-corrected chi connectivity index (χ4v) is 3.15. The quantitative estimate of drug-likeness (QED) is 0.663. The van der Waals surface area contributed by atoms with Gasteiger partial charge in [0.25, 0.3) is 0 Å². The van der Waals surface area contributed by atoms with Crippen molar-refractivity contribution in [3.8, 4) is 11.5 Å². The highest BCUT2D eigenvalue weighted by Gasteiger charge is 2.21. The van der Waals surface area contributed by atoms with Crippen LogP contribution in [0.15, 0.2) is 23.3 Å². The van der Waals surface area contributed by atoms with Gasteiger partial charge in [-0.15, -0.1) is 0 Å². The molecule has 3 rings (SSSR count). The lowest BCUT2D eigenvalue weighted by atomic mass is 9.89. The Morgan fingerprint density at radius 3 is 2.91 bits per heavy atom. The lowest BCUT2D eigenvalue weighted by molar-refractivity contribution is 0.373. The lowest BCUT2D eigenvalue weighted by Gasteiger charge is -2.19. The zero-order valence-electron chi connectivity index (χ0n) is 13.0. The number of hydrogen-bond donors (Lipinski definition) is 2. The van der Waals surface area contributed by atoms with Crippen LogP contribution in [0.2, 0.25) is 0 Å². The number of methoxy groups -OCH3 is 1. The van der Waals surface area contributed by atoms with E-state index in [1.165, 1.54) is 26.4 Å². The molecule has 0 spiro atoms. The van der Waals surface area contributed by atoms with Gasteiger partial charge in [-0.1, -0.05) is 25.3 Å². The number of aromatic hydroxyl groups is 1. The second kappa shape index (κ2) is 6.95. The molecule has 0 unspecified atom stereocenters. The van der Waals surface area contributed by atoms with E-state index in [1.807, 2.05) is 0 Å². The van der Waals surface area contributed by atoms with E-state index in [-0.39, 0.29) is 5.75 Å². The van der Waals surface area contributed by atoms with E-state index < -0.39 is 0 Å². The number of benzene rings is 1. The van der Waals surface area contributed by atoms with Crippen molar-refractivity contribution in [3.05, 3.63) is 34.4 Å². The highest BCUT2D eigenvalue weighted by molar-refractivity contribution is 7.71. The minimum atomic E-state index is 0.0629. The SMILES string of the molecule is COc1cccc(/C=N\n2c(C3CCCCC3)n[nH]c2=S)c1O. The Bertz CT molecular complexity index is 760. The van der Waals surface area contributed by atoms with Gasteiger partial charge in [0.15, 0.2) is 17.3 Å². The summed E-state index contributed by atoms with van der Waals surface area (Å²) < 4.78 is 7.23. The number of hydrogen-bond acceptors (Lipinski definition) is 5. The van der Waals surface area contributed by atoms with E-state index in [0.717, 1.165) is 18.7 Å². The van der Waals surface area contributed by atoms with Crippen LogP contribution in [-0.4, -0.2) is 33.3 Å². The van der Waals surface area contributed by atoms with E-state index in [4.69, 9.17) is 17.0 Å². The Balaban J connectivity index is 1.91. The van der Waals surface area contributed by atoms with Crippen LogP contribution in [0.3, 0.4) is 0 Å². The molecule has 122 valence electrons. The molecule has 2 aromatic rings. The lowest BCUT2D eigenvalue weighted by Crippen LogP contribution is -2.10. The summed E-state index contributed by atoms with van der Waals surface area (Å²) in [7, 11) is 1.52. The summed E-state index contributed by atoms with van der Waals surface area (Å²) in [5.41, 5.74) is 0.571. The first-order chi connectivity index (χ1) is 11.2. The summed E-state index contributed by atoms with van der Waals surface area (Å²) in [4.78, 5) is 0. The van der Waals surface area contributed by atoms with Crippen LogP contribution < -0.4 is 4.74 Å². The van der Waals surface area contributed by atoms with Gasteiger partial charge in [-0.25, -0.2) is 0 Å². The van der Waals surface area contributed by atoms with E-state index in [0.29, 0.717) is 22.0 Å². The second-order valence-corrected chi connectivity index (χ2v) is 6.06. The van der Waals surface area contributed by atoms with Crippen LogP contribution >= 0.6 is 12.2 Å². The molecule has 7 heteroatoms. The topological polar surface area (TPSA) is 75.4 Å². The maximum atomic E-state index is 10.1. The summed E-state index contributed by atoms with van der Waals surface area (Å²) in [6.07, 6.45) is 7.51. The maximum absolute atomic E-state index is 10.1. The molecule has 1 fully saturated rings. The molecule has 0 radical (unpaired) electrons. The number of H-pyrrole nitrogens is 1. The molecule has 1 saturated carbocycles. The summed E-state index contributed by atoms with van der Waals surface area (Å²) in [5.74, 6) is 1.73. The molecule has 1 aliphatic carbocycles. The Kier molecular flexibility index (Phi) is 4.76. The van der Waals surface area contributed by atoms with Gasteiger partial charge < -0.3 is 9.84 Å². The summed E-state index contributed by atoms with van der Waals surface area (Å²) in [6, 6.07) is 5.27. The molecule has 2 N–H and O–H groups in total. The molecule has 0 saturated heterocycles. The summed E-state index contributed by atoms with van der Waals surface area (Å²) >= 11 is 5.28. The maximum Gasteiger partial charge on any atom is 0.216 e. The summed E-state index contributed by atoms with van der Waals surface area (Å²) in [5, 5.41) is 21.7. The number of phenols is 1. The third-order valence-electron chi connectivity index (χ3n) is 4.21. The molecule has 1 aromatic heterocycles. The Labute approximate surface area is 139 Å². The van der Waals surface area contributed by atoms with Crippen LogP contribution in [-0.2, 0) is 0 Å². The standard InChI is InChI=1S/C16H20N4O2S/c1-22-13-9-5-8-12(14(13)21)10-17-20-15(18-19-16(20)23)11-6-3-2-4-7-11/h5,8-11,21H,2-4,6-7H2,1H3,(H,19,23)/b17-10-. The van der Waals surface area contributed by atoms with Gasteiger partial charge in [0.1, 0.15) is 0 Å². The number of phenolic OH excluding ortho intramolecular Hbond substituents is 1. The Morgan fingerprint density at radius 1 is 1.39 bits per heavy atom. The number of aromatic amines is 1. The van der Waals surface area contributed by atoms with Crippen molar-refractivity contribution in [1.29, 1.82) is 0 Å². The van der Waals surface area contributed by atoms with Gasteiger partial charge in [-0.2, -0.15) is 14.9 Å².